The summed E-state index contributed by atoms with van der Waals surface area (Å²) in [6, 6.07) is 0. The Morgan fingerprint density at radius 3 is 3.12 bits per heavy atom. The van der Waals surface area contributed by atoms with Crippen molar-refractivity contribution >= 4 is 0 Å². The van der Waals surface area contributed by atoms with E-state index in [1.165, 1.54) is 0 Å². The van der Waals surface area contributed by atoms with Crippen LogP contribution >= 0.6 is 0 Å². The van der Waals surface area contributed by atoms with Crippen molar-refractivity contribution in [2.45, 2.75) is 6.42 Å². The number of rotatable bonds is 0. The van der Waals surface area contributed by atoms with Gasteiger partial charge in [0, 0.05) is 0 Å². The third-order valence-electron chi connectivity index (χ3n) is 0.795. The van der Waals surface area contributed by atoms with Gasteiger partial charge < -0.3 is 0 Å². The normalized spacial score (nSPS) is 26.0. The third-order valence-corrected chi connectivity index (χ3v) is 0.795. The number of hydrogen-bond donors (Lipinski definition) is 0. The molecule has 8 heavy (non-hydrogen) atoms. The van der Waals surface area contributed by atoms with Gasteiger partial charge in [-0.05, 0) is 6.42 Å². The van der Waals surface area contributed by atoms with Crippen LogP contribution in [0.2, 0.25) is 0 Å². The van der Waals surface area contributed by atoms with Gasteiger partial charge in [-0.15, -0.1) is 0 Å². The molecule has 0 saturated carbocycles. The summed E-state index contributed by atoms with van der Waals surface area (Å²) in [4.78, 5) is 8.97. The van der Waals surface area contributed by atoms with Crippen LogP contribution in [0.25, 0.3) is 0 Å². The highest BCUT2D eigenvalue weighted by Gasteiger charge is 1.89. The average Bonchev–Trinajstić information content (AvgIpc) is 1.62. The summed E-state index contributed by atoms with van der Waals surface area (Å²) in [5.41, 5.74) is 0. The Hall–Kier alpha value is -0.380. The summed E-state index contributed by atoms with van der Waals surface area (Å²) < 4.78 is 0. The van der Waals surface area contributed by atoms with E-state index in [0.29, 0.717) is 13.2 Å². The minimum absolute atomic E-state index is 0.472. The summed E-state index contributed by atoms with van der Waals surface area (Å²) in [5.74, 6) is 0. The van der Waals surface area contributed by atoms with E-state index in [1.807, 2.05) is 12.2 Å². The molecule has 0 aromatic rings. The number of hydrogen-bond acceptors (Lipinski definition) is 3. The van der Waals surface area contributed by atoms with Crippen molar-refractivity contribution in [1.29, 1.82) is 0 Å². The van der Waals surface area contributed by atoms with Crippen molar-refractivity contribution in [3.05, 3.63) is 12.2 Å². The van der Waals surface area contributed by atoms with E-state index in [4.69, 9.17) is 0 Å². The zero-order valence-corrected chi connectivity index (χ0v) is 4.50. The molecular weight excluding hydrogens is 108 g/mol. The van der Waals surface area contributed by atoms with E-state index >= 15 is 0 Å². The highest BCUT2D eigenvalue weighted by molar-refractivity contribution is 4.80. The minimum atomic E-state index is 0.472. The maximum Gasteiger partial charge on any atom is 0.104 e. The Kier molecular flexibility index (Phi) is 2.59. The minimum Gasteiger partial charge on any atom is -0.206 e. The van der Waals surface area contributed by atoms with Gasteiger partial charge in [-0.1, -0.05) is 17.2 Å². The molecule has 0 bridgehead atoms. The lowest BCUT2D eigenvalue weighted by Crippen LogP contribution is -2.00. The first-order chi connectivity index (χ1) is 4.00. The Labute approximate surface area is 47.7 Å². The SMILES string of the molecule is C1=C\COOOCC/1. The second-order valence-electron chi connectivity index (χ2n) is 1.43. The van der Waals surface area contributed by atoms with E-state index in [1.54, 1.807) is 0 Å². The van der Waals surface area contributed by atoms with Crippen molar-refractivity contribution in [3.63, 3.8) is 0 Å². The van der Waals surface area contributed by atoms with E-state index in [2.05, 4.69) is 14.8 Å². The van der Waals surface area contributed by atoms with E-state index in [0.717, 1.165) is 6.42 Å². The smallest absolute Gasteiger partial charge is 0.104 e. The quantitative estimate of drug-likeness (QED) is 0.346. The lowest BCUT2D eigenvalue weighted by Gasteiger charge is -2.01. The highest BCUT2D eigenvalue weighted by atomic mass is 17.5. The molecule has 0 aromatic heterocycles. The zero-order valence-electron chi connectivity index (χ0n) is 4.50. The molecule has 0 N–H and O–H groups in total. The van der Waals surface area contributed by atoms with Crippen LogP contribution < -0.4 is 0 Å². The second kappa shape index (κ2) is 3.60. The molecule has 1 rings (SSSR count). The van der Waals surface area contributed by atoms with Crippen LogP contribution in [0, 0.1) is 0 Å². The molecule has 1 aliphatic rings. The van der Waals surface area contributed by atoms with Crippen LogP contribution in [0.15, 0.2) is 12.2 Å². The van der Waals surface area contributed by atoms with Gasteiger partial charge in [0.15, 0.2) is 0 Å². The van der Waals surface area contributed by atoms with Gasteiger partial charge in [-0.25, -0.2) is 9.78 Å². The molecule has 1 aliphatic heterocycles. The predicted octanol–water partition coefficient (Wildman–Crippen LogP) is 0.826. The maximum absolute atomic E-state index is 4.50. The summed E-state index contributed by atoms with van der Waals surface area (Å²) in [7, 11) is 0. The van der Waals surface area contributed by atoms with E-state index < -0.39 is 0 Å². The molecule has 0 saturated heterocycles. The first-order valence-electron chi connectivity index (χ1n) is 2.56. The van der Waals surface area contributed by atoms with E-state index in [9.17, 15) is 0 Å². The van der Waals surface area contributed by atoms with Gasteiger partial charge in [0.05, 0.1) is 6.61 Å². The molecule has 46 valence electrons. The fourth-order valence-corrected chi connectivity index (χ4v) is 0.437. The molecule has 0 radical (unpaired) electrons. The van der Waals surface area contributed by atoms with Crippen molar-refractivity contribution < 1.29 is 14.8 Å². The highest BCUT2D eigenvalue weighted by Crippen LogP contribution is 1.92. The Morgan fingerprint density at radius 1 is 1.12 bits per heavy atom. The largest absolute Gasteiger partial charge is 0.206 e. The van der Waals surface area contributed by atoms with E-state index in [-0.39, 0.29) is 0 Å². The lowest BCUT2D eigenvalue weighted by molar-refractivity contribution is -0.509. The molecule has 0 fully saturated rings. The predicted molar refractivity (Wildman–Crippen MR) is 26.7 cm³/mol. The van der Waals surface area contributed by atoms with Gasteiger partial charge in [0.2, 0.25) is 0 Å². The summed E-state index contributed by atoms with van der Waals surface area (Å²) in [5, 5.41) is 4.22. The van der Waals surface area contributed by atoms with Crippen molar-refractivity contribution in [1.82, 2.24) is 0 Å². The van der Waals surface area contributed by atoms with Crippen LogP contribution in [-0.4, -0.2) is 13.2 Å². The molecule has 1 heterocycles. The molecule has 0 aliphatic carbocycles. The average molecular weight is 116 g/mol. The first-order valence-corrected chi connectivity index (χ1v) is 2.56. The third kappa shape index (κ3) is 2.07. The molecular formula is C5H8O3. The Morgan fingerprint density at radius 2 is 2.12 bits per heavy atom. The van der Waals surface area contributed by atoms with Gasteiger partial charge >= 0.3 is 0 Å². The molecule has 3 nitrogen and oxygen atoms in total. The summed E-state index contributed by atoms with van der Waals surface area (Å²) in [6.07, 6.45) is 4.77. The molecule has 0 atom stereocenters. The lowest BCUT2D eigenvalue weighted by atomic mass is 10.4. The monoisotopic (exact) mass is 116 g/mol. The molecule has 0 spiro atoms. The second-order valence-corrected chi connectivity index (χ2v) is 1.43. The van der Waals surface area contributed by atoms with Gasteiger partial charge in [-0.2, -0.15) is 0 Å². The van der Waals surface area contributed by atoms with Crippen LogP contribution in [0.5, 0.6) is 0 Å². The van der Waals surface area contributed by atoms with Crippen LogP contribution in [-0.2, 0) is 14.8 Å². The molecule has 0 amide bonds. The molecule has 3 heteroatoms. The Balaban J connectivity index is 2.17. The van der Waals surface area contributed by atoms with Gasteiger partial charge in [0.1, 0.15) is 6.61 Å². The van der Waals surface area contributed by atoms with Crippen LogP contribution in [0.3, 0.4) is 0 Å². The zero-order chi connectivity index (χ0) is 5.66. The first kappa shape index (κ1) is 5.75. The topological polar surface area (TPSA) is 27.7 Å². The van der Waals surface area contributed by atoms with Crippen molar-refractivity contribution in [3.8, 4) is 0 Å². The fourth-order valence-electron chi connectivity index (χ4n) is 0.437. The summed E-state index contributed by atoms with van der Waals surface area (Å²) in [6.45, 7) is 1.04. The standard InChI is InChI=1S/C5H8O3/c1-2-4-6-8-7-5-3-1/h1-2H,3-5H2/b2-1-. The van der Waals surface area contributed by atoms with Crippen molar-refractivity contribution in [2.75, 3.05) is 13.2 Å². The molecule has 0 unspecified atom stereocenters. The van der Waals surface area contributed by atoms with Crippen LogP contribution in [0.1, 0.15) is 6.42 Å². The molecule has 0 aromatic carbocycles. The van der Waals surface area contributed by atoms with Crippen LogP contribution in [0.4, 0.5) is 0 Å². The Bertz CT molecular complexity index is 69.7. The fraction of sp³-hybridized carbons (Fsp3) is 0.600. The van der Waals surface area contributed by atoms with Crippen molar-refractivity contribution in [2.24, 2.45) is 0 Å². The maximum atomic E-state index is 4.50. The van der Waals surface area contributed by atoms with Gasteiger partial charge in [0.25, 0.3) is 0 Å². The van der Waals surface area contributed by atoms with Gasteiger partial charge in [-0.3, -0.25) is 0 Å². The summed E-state index contributed by atoms with van der Waals surface area (Å²) >= 11 is 0.